The number of hydrogen-bond acceptors (Lipinski definition) is 6. The van der Waals surface area contributed by atoms with Crippen molar-refractivity contribution < 1.29 is 40.8 Å². The largest absolute Gasteiger partial charge is 0.488 e. The third-order valence-corrected chi connectivity index (χ3v) is 7.19. The van der Waals surface area contributed by atoms with Gasteiger partial charge in [-0.2, -0.15) is 26.3 Å². The van der Waals surface area contributed by atoms with Crippen molar-refractivity contribution in [3.05, 3.63) is 57.6 Å². The molecule has 1 N–H and O–H groups in total. The van der Waals surface area contributed by atoms with Crippen molar-refractivity contribution in [3.8, 4) is 5.75 Å². The third kappa shape index (κ3) is 6.89. The van der Waals surface area contributed by atoms with E-state index in [2.05, 4.69) is 5.32 Å². The molecule has 2 aliphatic rings. The van der Waals surface area contributed by atoms with Crippen LogP contribution in [0.25, 0.3) is 0 Å². The second kappa shape index (κ2) is 11.4. The molecule has 0 atom stereocenters. The minimum absolute atomic E-state index is 0.0720. The van der Waals surface area contributed by atoms with E-state index in [0.717, 1.165) is 18.2 Å². The van der Waals surface area contributed by atoms with Crippen LogP contribution in [0.3, 0.4) is 0 Å². The van der Waals surface area contributed by atoms with Gasteiger partial charge >= 0.3 is 12.4 Å². The summed E-state index contributed by atoms with van der Waals surface area (Å²) in [6, 6.07) is 5.85. The fraction of sp³-hybridized carbons (Fsp3) is 0.500. The number of nitro benzene ring substituents is 1. The van der Waals surface area contributed by atoms with E-state index in [0.29, 0.717) is 63.6 Å². The van der Waals surface area contributed by atoms with Gasteiger partial charge in [0.15, 0.2) is 0 Å². The van der Waals surface area contributed by atoms with E-state index in [1.807, 2.05) is 4.90 Å². The number of anilines is 2. The Labute approximate surface area is 226 Å². The number of benzene rings is 2. The van der Waals surface area contributed by atoms with Gasteiger partial charge in [0, 0.05) is 50.9 Å². The predicted molar refractivity (Wildman–Crippen MR) is 134 cm³/mol. The molecule has 14 heteroatoms. The number of piperazine rings is 1. The van der Waals surface area contributed by atoms with Crippen molar-refractivity contribution in [2.45, 2.75) is 57.1 Å². The van der Waals surface area contributed by atoms with Crippen molar-refractivity contribution in [1.82, 2.24) is 4.90 Å². The highest BCUT2D eigenvalue weighted by Crippen LogP contribution is 2.40. The number of ether oxygens (including phenoxy) is 1. The first-order valence-corrected chi connectivity index (χ1v) is 12.7. The van der Waals surface area contributed by atoms with Gasteiger partial charge in [-0.05, 0) is 56.0 Å². The molecule has 2 aromatic carbocycles. The van der Waals surface area contributed by atoms with Crippen molar-refractivity contribution in [1.29, 1.82) is 0 Å². The van der Waals surface area contributed by atoms with Crippen LogP contribution in [0, 0.1) is 10.1 Å². The number of halogens is 6. The molecule has 1 heterocycles. The zero-order valence-corrected chi connectivity index (χ0v) is 21.5. The van der Waals surface area contributed by atoms with Gasteiger partial charge < -0.3 is 19.9 Å². The highest BCUT2D eigenvalue weighted by atomic mass is 19.4. The van der Waals surface area contributed by atoms with Crippen molar-refractivity contribution in [2.75, 3.05) is 36.4 Å². The second-order valence-electron chi connectivity index (χ2n) is 9.90. The monoisotopic (exact) mass is 574 g/mol. The summed E-state index contributed by atoms with van der Waals surface area (Å²) < 4.78 is 86.4. The number of rotatable bonds is 6. The molecule has 0 spiro atoms. The maximum absolute atomic E-state index is 13.5. The molecular weight excluding hydrogens is 546 g/mol. The van der Waals surface area contributed by atoms with E-state index in [9.17, 15) is 41.3 Å². The van der Waals surface area contributed by atoms with Gasteiger partial charge in [0.25, 0.3) is 5.69 Å². The lowest BCUT2D eigenvalue weighted by atomic mass is 9.92. The molecule has 8 nitrogen and oxygen atoms in total. The Hall–Kier alpha value is -3.71. The molecule has 40 heavy (non-hydrogen) atoms. The Kier molecular flexibility index (Phi) is 8.36. The quantitative estimate of drug-likeness (QED) is 0.255. The maximum atomic E-state index is 13.5. The molecule has 1 saturated heterocycles. The van der Waals surface area contributed by atoms with Gasteiger partial charge in [0.2, 0.25) is 5.91 Å². The lowest BCUT2D eigenvalue weighted by molar-refractivity contribution is -0.388. The molecule has 1 saturated carbocycles. The van der Waals surface area contributed by atoms with Crippen molar-refractivity contribution in [3.63, 3.8) is 0 Å². The van der Waals surface area contributed by atoms with E-state index in [4.69, 9.17) is 4.74 Å². The Bertz CT molecular complexity index is 1240. The van der Waals surface area contributed by atoms with E-state index in [1.165, 1.54) is 19.1 Å². The average Bonchev–Trinajstić information content (AvgIpc) is 2.88. The summed E-state index contributed by atoms with van der Waals surface area (Å²) in [6.07, 6.45) is -8.07. The third-order valence-electron chi connectivity index (χ3n) is 7.19. The van der Waals surface area contributed by atoms with Gasteiger partial charge in [-0.25, -0.2) is 0 Å². The van der Waals surface area contributed by atoms with Gasteiger partial charge in [0.05, 0.1) is 22.3 Å². The Morgan fingerprint density at radius 1 is 0.950 bits per heavy atom. The topological polar surface area (TPSA) is 88.0 Å². The number of carbonyl (C=O) groups excluding carboxylic acids is 1. The molecule has 0 aromatic heterocycles. The summed E-state index contributed by atoms with van der Waals surface area (Å²) in [5.41, 5.74) is -2.63. The van der Waals surface area contributed by atoms with Crippen molar-refractivity contribution >= 4 is 23.0 Å². The number of nitrogens with zero attached hydrogens (tertiary/aromatic N) is 3. The molecule has 4 rings (SSSR count). The molecule has 0 unspecified atom stereocenters. The Morgan fingerprint density at radius 3 is 2.15 bits per heavy atom. The van der Waals surface area contributed by atoms with Gasteiger partial charge in [-0.3, -0.25) is 14.9 Å². The lowest BCUT2D eigenvalue weighted by Gasteiger charge is -2.37. The molecule has 1 aliphatic carbocycles. The second-order valence-corrected chi connectivity index (χ2v) is 9.90. The summed E-state index contributed by atoms with van der Waals surface area (Å²) in [5, 5.41) is 14.0. The zero-order valence-electron chi connectivity index (χ0n) is 21.5. The average molecular weight is 575 g/mol. The van der Waals surface area contributed by atoms with E-state index >= 15 is 0 Å². The molecular formula is C26H28F6N4O4. The summed E-state index contributed by atoms with van der Waals surface area (Å²) in [7, 11) is 0. The molecule has 218 valence electrons. The SMILES string of the molecule is CC(=O)N1CCN(c2ccc(C(F)(F)F)cc2OC2CCC(Nc3ccc([N+](=O)[O-])c(C(F)(F)F)c3)CC2)CC1. The predicted octanol–water partition coefficient (Wildman–Crippen LogP) is 6.10. The van der Waals surface area contributed by atoms with Gasteiger partial charge in [-0.15, -0.1) is 0 Å². The summed E-state index contributed by atoms with van der Waals surface area (Å²) in [6.45, 7) is 3.21. The normalized spacial score (nSPS) is 20.3. The first-order valence-electron chi connectivity index (χ1n) is 12.7. The maximum Gasteiger partial charge on any atom is 0.423 e. The summed E-state index contributed by atoms with van der Waals surface area (Å²) >= 11 is 0. The van der Waals surface area contributed by atoms with Gasteiger partial charge in [-0.1, -0.05) is 0 Å². The molecule has 1 aliphatic heterocycles. The number of nitrogens with one attached hydrogen (secondary N) is 1. The summed E-state index contributed by atoms with van der Waals surface area (Å²) in [5.74, 6) is 0.0185. The number of carbonyl (C=O) groups is 1. The van der Waals surface area contributed by atoms with Crippen LogP contribution in [0.4, 0.5) is 43.4 Å². The molecule has 2 fully saturated rings. The number of alkyl halides is 6. The van der Waals surface area contributed by atoms with Crippen LogP contribution in [0.5, 0.6) is 5.75 Å². The van der Waals surface area contributed by atoms with Crippen LogP contribution in [-0.4, -0.2) is 54.1 Å². The standard InChI is InChI=1S/C26H28F6N4O4/c1-16(37)34-10-12-35(13-11-34)23-8-2-17(25(27,28)29)14-24(23)40-20-6-3-18(4-7-20)33-19-5-9-22(36(38)39)21(15-19)26(30,31)32/h2,5,8-9,14-15,18,20,33H,3-4,6-7,10-13H2,1H3. The number of amides is 1. The Morgan fingerprint density at radius 2 is 1.60 bits per heavy atom. The van der Waals surface area contributed by atoms with Crippen LogP contribution in [0.1, 0.15) is 43.7 Å². The first kappa shape index (κ1) is 29.3. The number of nitro groups is 1. The first-order chi connectivity index (χ1) is 18.7. The van der Waals surface area contributed by atoms with Crippen LogP contribution >= 0.6 is 0 Å². The molecule has 1 amide bonds. The molecule has 2 aromatic rings. The Balaban J connectivity index is 1.44. The van der Waals surface area contributed by atoms with E-state index < -0.39 is 40.2 Å². The highest BCUT2D eigenvalue weighted by Gasteiger charge is 2.39. The van der Waals surface area contributed by atoms with Crippen LogP contribution in [0.15, 0.2) is 36.4 Å². The zero-order chi connectivity index (χ0) is 29.2. The van der Waals surface area contributed by atoms with Crippen LogP contribution in [0.2, 0.25) is 0 Å². The van der Waals surface area contributed by atoms with E-state index in [-0.39, 0.29) is 23.4 Å². The smallest absolute Gasteiger partial charge is 0.423 e. The fourth-order valence-electron chi connectivity index (χ4n) is 5.06. The van der Waals surface area contributed by atoms with E-state index in [1.54, 1.807) is 4.90 Å². The highest BCUT2D eigenvalue weighted by molar-refractivity contribution is 5.73. The van der Waals surface area contributed by atoms with Crippen LogP contribution in [-0.2, 0) is 17.1 Å². The summed E-state index contributed by atoms with van der Waals surface area (Å²) in [4.78, 5) is 25.1. The number of hydrogen-bond donors (Lipinski definition) is 1. The van der Waals surface area contributed by atoms with Crippen LogP contribution < -0.4 is 15.0 Å². The molecule has 0 radical (unpaired) electrons. The van der Waals surface area contributed by atoms with Crippen molar-refractivity contribution in [2.24, 2.45) is 0 Å². The minimum atomic E-state index is -4.90. The lowest BCUT2D eigenvalue weighted by Crippen LogP contribution is -2.48. The van der Waals surface area contributed by atoms with Gasteiger partial charge in [0.1, 0.15) is 11.3 Å². The minimum Gasteiger partial charge on any atom is -0.488 e. The fourth-order valence-corrected chi connectivity index (χ4v) is 5.06. The molecule has 0 bridgehead atoms.